The van der Waals surface area contributed by atoms with Crippen LogP contribution < -0.4 is 0 Å². The molecule has 36 heavy (non-hydrogen) atoms. The molecule has 2 aliphatic rings. The zero-order valence-corrected chi connectivity index (χ0v) is 19.7. The molecule has 0 radical (unpaired) electrons. The highest BCUT2D eigenvalue weighted by Gasteiger charge is 2.50. The highest BCUT2D eigenvalue weighted by atomic mass is 16.8. The predicted molar refractivity (Wildman–Crippen MR) is 112 cm³/mol. The van der Waals surface area contributed by atoms with Gasteiger partial charge in [-0.05, 0) is 0 Å². The molecule has 0 saturated carbocycles. The average molecular weight is 532 g/mol. The topological polar surface area (TPSA) is 273 Å². The van der Waals surface area contributed by atoms with Crippen LogP contribution in [0.15, 0.2) is 0 Å². The van der Waals surface area contributed by atoms with Crippen LogP contribution in [-0.4, -0.2) is 138 Å². The quantitative estimate of drug-likeness (QED) is 0.0928. The first-order chi connectivity index (χ1) is 16.7. The molecule has 0 bridgehead atoms. The summed E-state index contributed by atoms with van der Waals surface area (Å²) in [5.41, 5.74) is 0. The van der Waals surface area contributed by atoms with E-state index in [2.05, 4.69) is 9.47 Å². The zero-order valence-electron chi connectivity index (χ0n) is 19.7. The number of carbonyl (C=O) groups excluding carboxylic acids is 2. The molecule has 10 N–H and O–H groups in total. The lowest BCUT2D eigenvalue weighted by Crippen LogP contribution is -2.58. The van der Waals surface area contributed by atoms with Crippen molar-refractivity contribution < 1.29 is 79.6 Å². The van der Waals surface area contributed by atoms with Crippen molar-refractivity contribution in [1.29, 1.82) is 0 Å². The first-order valence-corrected chi connectivity index (χ1v) is 11.0. The molecule has 2 fully saturated rings. The summed E-state index contributed by atoms with van der Waals surface area (Å²) in [6.45, 7) is 1.54. The van der Waals surface area contributed by atoms with Crippen LogP contribution in [0.2, 0.25) is 0 Å². The third-order valence-electron chi connectivity index (χ3n) is 6.13. The van der Waals surface area contributed by atoms with Gasteiger partial charge in [0.05, 0.1) is 50.5 Å². The fourth-order valence-electron chi connectivity index (χ4n) is 3.79. The monoisotopic (exact) mass is 532 g/mol. The van der Waals surface area contributed by atoms with E-state index in [-0.39, 0.29) is 25.8 Å². The lowest BCUT2D eigenvalue weighted by molar-refractivity contribution is -0.399. The molecule has 0 aromatic heterocycles. The number of hydrogen-bond acceptors (Lipinski definition) is 16. The fourth-order valence-corrected chi connectivity index (χ4v) is 3.79. The Labute approximate surface area is 205 Å². The first kappa shape index (κ1) is 32.5. The summed E-state index contributed by atoms with van der Waals surface area (Å²) in [6, 6.07) is 0. The summed E-state index contributed by atoms with van der Waals surface area (Å²) in [6.07, 6.45) is -11.4. The number of aliphatic hydroxyl groups excluding tert-OH is 8. The Balaban J connectivity index is 0.000000360. The van der Waals surface area contributed by atoms with Crippen LogP contribution in [0.4, 0.5) is 0 Å². The van der Waals surface area contributed by atoms with Crippen molar-refractivity contribution in [2.24, 2.45) is 11.8 Å². The van der Waals surface area contributed by atoms with Gasteiger partial charge in [-0.1, -0.05) is 13.8 Å². The van der Waals surface area contributed by atoms with Crippen molar-refractivity contribution in [3.63, 3.8) is 0 Å². The third-order valence-corrected chi connectivity index (χ3v) is 6.13. The smallest absolute Gasteiger partial charge is 0.329 e. The van der Waals surface area contributed by atoms with Crippen LogP contribution in [0.25, 0.3) is 0 Å². The van der Waals surface area contributed by atoms with Crippen LogP contribution in [0.1, 0.15) is 26.7 Å². The van der Waals surface area contributed by atoms with Crippen molar-refractivity contribution in [1.82, 2.24) is 0 Å². The second-order valence-corrected chi connectivity index (χ2v) is 8.76. The van der Waals surface area contributed by atoms with E-state index < -0.39 is 85.8 Å². The SMILES string of the molecule is CC1C(O)CC(O)(OC=O)OC1C(O)C(O)CO.CC1C(O)CC(O)(OC=O)OC1C(O)C(O)CO. The molecule has 12 unspecified atom stereocenters. The van der Waals surface area contributed by atoms with E-state index in [4.69, 9.17) is 19.7 Å². The molecule has 2 heterocycles. The van der Waals surface area contributed by atoms with Crippen molar-refractivity contribution in [2.45, 2.75) is 87.5 Å². The Morgan fingerprint density at radius 2 is 1.08 bits per heavy atom. The van der Waals surface area contributed by atoms with Gasteiger partial charge in [-0.15, -0.1) is 0 Å². The Hall–Kier alpha value is -1.54. The molecule has 2 aliphatic heterocycles. The molecule has 212 valence electrons. The molecule has 2 saturated heterocycles. The second-order valence-electron chi connectivity index (χ2n) is 8.76. The van der Waals surface area contributed by atoms with Gasteiger partial charge in [0.2, 0.25) is 0 Å². The van der Waals surface area contributed by atoms with Gasteiger partial charge in [0.1, 0.15) is 24.4 Å². The van der Waals surface area contributed by atoms with E-state index in [9.17, 15) is 50.4 Å². The van der Waals surface area contributed by atoms with Crippen molar-refractivity contribution in [3.8, 4) is 0 Å². The van der Waals surface area contributed by atoms with Gasteiger partial charge in [-0.2, -0.15) is 0 Å². The summed E-state index contributed by atoms with van der Waals surface area (Å²) in [5.74, 6) is -5.96. The van der Waals surface area contributed by atoms with E-state index >= 15 is 0 Å². The molecule has 0 aromatic rings. The number of hydrogen-bond donors (Lipinski definition) is 10. The van der Waals surface area contributed by atoms with Crippen LogP contribution >= 0.6 is 0 Å². The van der Waals surface area contributed by atoms with Crippen LogP contribution in [0.5, 0.6) is 0 Å². The summed E-state index contributed by atoms with van der Waals surface area (Å²) in [4.78, 5) is 20.5. The normalized spacial score (nSPS) is 40.0. The van der Waals surface area contributed by atoms with E-state index in [1.165, 1.54) is 13.8 Å². The minimum absolute atomic E-state index is 0.0470. The van der Waals surface area contributed by atoms with Gasteiger partial charge in [0.15, 0.2) is 0 Å². The number of rotatable bonds is 10. The molecule has 16 heteroatoms. The minimum Gasteiger partial charge on any atom is -0.410 e. The van der Waals surface area contributed by atoms with Crippen molar-refractivity contribution in [3.05, 3.63) is 0 Å². The molecule has 0 amide bonds. The van der Waals surface area contributed by atoms with Crippen molar-refractivity contribution >= 4 is 12.9 Å². The van der Waals surface area contributed by atoms with E-state index in [0.717, 1.165) is 0 Å². The van der Waals surface area contributed by atoms with Gasteiger partial charge in [0.25, 0.3) is 12.9 Å². The highest BCUT2D eigenvalue weighted by molar-refractivity contribution is 5.38. The molecule has 16 nitrogen and oxygen atoms in total. The van der Waals surface area contributed by atoms with Gasteiger partial charge in [0, 0.05) is 11.8 Å². The average Bonchev–Trinajstić information content (AvgIpc) is 2.82. The van der Waals surface area contributed by atoms with Crippen LogP contribution in [0, 0.1) is 11.8 Å². The first-order valence-electron chi connectivity index (χ1n) is 11.0. The molecule has 0 spiro atoms. The molecule has 12 atom stereocenters. The Bertz CT molecular complexity index is 626. The van der Waals surface area contributed by atoms with E-state index in [1.807, 2.05) is 0 Å². The van der Waals surface area contributed by atoms with Gasteiger partial charge in [-0.25, -0.2) is 0 Å². The van der Waals surface area contributed by atoms with Crippen LogP contribution in [-0.2, 0) is 28.5 Å². The highest BCUT2D eigenvalue weighted by Crippen LogP contribution is 2.35. The maximum Gasteiger partial charge on any atom is 0.329 e. The fraction of sp³-hybridized carbons (Fsp3) is 0.900. The van der Waals surface area contributed by atoms with E-state index in [1.54, 1.807) is 0 Å². The molecule has 0 aromatic carbocycles. The Morgan fingerprint density at radius 3 is 1.33 bits per heavy atom. The molecular weight excluding hydrogens is 496 g/mol. The number of ether oxygens (including phenoxy) is 4. The van der Waals surface area contributed by atoms with E-state index in [0.29, 0.717) is 0 Å². The summed E-state index contributed by atoms with van der Waals surface area (Å²) < 4.78 is 18.6. The van der Waals surface area contributed by atoms with Crippen LogP contribution in [0.3, 0.4) is 0 Å². The summed E-state index contributed by atoms with van der Waals surface area (Å²) in [5, 5.41) is 94.5. The Morgan fingerprint density at radius 1 is 0.778 bits per heavy atom. The standard InChI is InChI=1S/2C10H18O8/c2*1-5-6(13)2-10(16,17-4-12)18-9(5)8(15)7(14)3-11/h2*4-9,11,13-16H,2-3H2,1H3. The maximum atomic E-state index is 10.2. The second kappa shape index (κ2) is 13.8. The number of aliphatic hydroxyl groups is 10. The molecule has 0 aliphatic carbocycles. The molecule has 2 rings (SSSR count). The van der Waals surface area contributed by atoms with Gasteiger partial charge < -0.3 is 70.0 Å². The largest absolute Gasteiger partial charge is 0.410 e. The van der Waals surface area contributed by atoms with Crippen molar-refractivity contribution in [2.75, 3.05) is 13.2 Å². The third kappa shape index (κ3) is 8.23. The maximum absolute atomic E-state index is 10.2. The molecular formula is C20H36O16. The Kier molecular flexibility index (Phi) is 12.5. The lowest BCUT2D eigenvalue weighted by atomic mass is 9.87. The van der Waals surface area contributed by atoms with Gasteiger partial charge in [-0.3, -0.25) is 9.59 Å². The minimum atomic E-state index is -2.35. The summed E-state index contributed by atoms with van der Waals surface area (Å²) in [7, 11) is 0. The predicted octanol–water partition coefficient (Wildman–Crippen LogP) is -5.39. The van der Waals surface area contributed by atoms with Gasteiger partial charge >= 0.3 is 11.9 Å². The lowest BCUT2D eigenvalue weighted by Gasteiger charge is -2.43. The number of carbonyl (C=O) groups is 2. The zero-order chi connectivity index (χ0) is 27.8. The summed E-state index contributed by atoms with van der Waals surface area (Å²) >= 11 is 0.